The van der Waals surface area contributed by atoms with Crippen LogP contribution in [0.2, 0.25) is 0 Å². The number of alkyl halides is 3. The summed E-state index contributed by atoms with van der Waals surface area (Å²) in [5.41, 5.74) is 6.73. The number of benzene rings is 1. The van der Waals surface area contributed by atoms with Crippen LogP contribution in [0.4, 0.5) is 19.0 Å². The zero-order valence-corrected chi connectivity index (χ0v) is 11.0. The van der Waals surface area contributed by atoms with Crippen LogP contribution < -0.4 is 10.5 Å². The van der Waals surface area contributed by atoms with E-state index in [2.05, 4.69) is 25.7 Å². The minimum absolute atomic E-state index is 0.280. The molecule has 0 amide bonds. The molecule has 0 aliphatic heterocycles. The maximum atomic E-state index is 12.1. The number of aromatic nitrogens is 1. The lowest BCUT2D eigenvalue weighted by Crippen LogP contribution is -2.17. The van der Waals surface area contributed by atoms with Crippen molar-refractivity contribution in [2.45, 2.75) is 6.36 Å². The predicted octanol–water partition coefficient (Wildman–Crippen LogP) is 3.99. The Hall–Kier alpha value is -1.76. The lowest BCUT2D eigenvalue weighted by Gasteiger charge is -2.10. The van der Waals surface area contributed by atoms with Crippen molar-refractivity contribution in [3.05, 3.63) is 41.0 Å². The molecule has 1 aromatic carbocycles. The summed E-state index contributed by atoms with van der Waals surface area (Å²) in [4.78, 5) is 3.93. The van der Waals surface area contributed by atoms with Gasteiger partial charge in [-0.15, -0.1) is 13.2 Å². The Labute approximate surface area is 115 Å². The molecule has 1 heterocycles. The first kappa shape index (κ1) is 13.7. The third-order valence-corrected chi connectivity index (χ3v) is 2.91. The van der Waals surface area contributed by atoms with E-state index in [4.69, 9.17) is 5.73 Å². The highest BCUT2D eigenvalue weighted by atomic mass is 79.9. The summed E-state index contributed by atoms with van der Waals surface area (Å²) in [6.07, 6.45) is -3.23. The molecule has 2 rings (SSSR count). The van der Waals surface area contributed by atoms with E-state index < -0.39 is 6.36 Å². The summed E-state index contributed by atoms with van der Waals surface area (Å²) in [6, 6.07) is 7.32. The van der Waals surface area contributed by atoms with Crippen LogP contribution >= 0.6 is 15.9 Å². The summed E-state index contributed by atoms with van der Waals surface area (Å²) in [5.74, 6) is 0.0318. The van der Waals surface area contributed by atoms with Gasteiger partial charge in [-0.2, -0.15) is 0 Å². The van der Waals surface area contributed by atoms with Crippen LogP contribution in [0.1, 0.15) is 0 Å². The van der Waals surface area contributed by atoms with Crippen molar-refractivity contribution in [1.29, 1.82) is 0 Å². The average molecular weight is 333 g/mol. The Morgan fingerprint density at radius 1 is 1.16 bits per heavy atom. The fourth-order valence-electron chi connectivity index (χ4n) is 1.48. The Bertz CT molecular complexity index is 602. The van der Waals surface area contributed by atoms with E-state index in [-0.39, 0.29) is 5.75 Å². The van der Waals surface area contributed by atoms with Gasteiger partial charge < -0.3 is 10.5 Å². The Morgan fingerprint density at radius 3 is 2.53 bits per heavy atom. The smallest absolute Gasteiger partial charge is 0.406 e. The molecule has 0 aliphatic carbocycles. The largest absolute Gasteiger partial charge is 0.573 e. The normalized spacial score (nSPS) is 11.4. The molecular formula is C12H8BrF3N2O. The summed E-state index contributed by atoms with van der Waals surface area (Å²) in [7, 11) is 0. The maximum absolute atomic E-state index is 12.1. The van der Waals surface area contributed by atoms with Crippen LogP contribution in [-0.4, -0.2) is 11.3 Å². The van der Waals surface area contributed by atoms with Gasteiger partial charge in [0.05, 0.1) is 4.47 Å². The number of nitrogens with two attached hydrogens (primary N) is 1. The molecule has 7 heteroatoms. The van der Waals surface area contributed by atoms with Crippen molar-refractivity contribution >= 4 is 21.7 Å². The predicted molar refractivity (Wildman–Crippen MR) is 68.5 cm³/mol. The molecule has 0 radical (unpaired) electrons. The van der Waals surface area contributed by atoms with Gasteiger partial charge in [-0.25, -0.2) is 4.98 Å². The summed E-state index contributed by atoms with van der Waals surface area (Å²) in [6.45, 7) is 0. The number of pyridine rings is 1. The van der Waals surface area contributed by atoms with Crippen molar-refractivity contribution in [2.24, 2.45) is 0 Å². The molecule has 0 aliphatic rings. The van der Waals surface area contributed by atoms with Gasteiger partial charge in [0.2, 0.25) is 0 Å². The molecule has 0 fully saturated rings. The van der Waals surface area contributed by atoms with Crippen LogP contribution in [0.25, 0.3) is 11.1 Å². The Morgan fingerprint density at radius 2 is 1.89 bits per heavy atom. The molecule has 2 N–H and O–H groups in total. The standard InChI is InChI=1S/C12H8BrF3N2O/c13-10-5-8(6-18-11(10)17)7-2-1-3-9(4-7)19-12(14,15)16/h1-6H,(H2,17,18). The molecule has 100 valence electrons. The van der Waals surface area contributed by atoms with Crippen LogP contribution in [-0.2, 0) is 0 Å². The van der Waals surface area contributed by atoms with Crippen LogP contribution in [0.3, 0.4) is 0 Å². The van der Waals surface area contributed by atoms with E-state index in [0.717, 1.165) is 0 Å². The zero-order chi connectivity index (χ0) is 14.0. The summed E-state index contributed by atoms with van der Waals surface area (Å²) < 4.78 is 40.8. The first-order valence-corrected chi connectivity index (χ1v) is 5.92. The highest BCUT2D eigenvalue weighted by Gasteiger charge is 2.31. The van der Waals surface area contributed by atoms with Gasteiger partial charge in [0.25, 0.3) is 0 Å². The number of hydrogen-bond acceptors (Lipinski definition) is 3. The molecule has 1 aromatic heterocycles. The SMILES string of the molecule is Nc1ncc(-c2cccc(OC(F)(F)F)c2)cc1Br. The number of hydrogen-bond donors (Lipinski definition) is 1. The van der Waals surface area contributed by atoms with Gasteiger partial charge in [-0.05, 0) is 39.7 Å². The van der Waals surface area contributed by atoms with E-state index in [0.29, 0.717) is 21.4 Å². The van der Waals surface area contributed by atoms with Crippen molar-refractivity contribution in [1.82, 2.24) is 4.98 Å². The van der Waals surface area contributed by atoms with E-state index in [1.54, 1.807) is 12.1 Å². The molecule has 2 aromatic rings. The molecular weight excluding hydrogens is 325 g/mol. The van der Waals surface area contributed by atoms with Gasteiger partial charge in [0.15, 0.2) is 0 Å². The van der Waals surface area contributed by atoms with E-state index in [1.807, 2.05) is 0 Å². The third-order valence-electron chi connectivity index (χ3n) is 2.27. The molecule has 19 heavy (non-hydrogen) atoms. The lowest BCUT2D eigenvalue weighted by molar-refractivity contribution is -0.274. The fraction of sp³-hybridized carbons (Fsp3) is 0.0833. The number of anilines is 1. The maximum Gasteiger partial charge on any atom is 0.573 e. The molecule has 0 saturated heterocycles. The lowest BCUT2D eigenvalue weighted by atomic mass is 10.1. The van der Waals surface area contributed by atoms with Gasteiger partial charge >= 0.3 is 6.36 Å². The van der Waals surface area contributed by atoms with Gasteiger partial charge in [-0.3, -0.25) is 0 Å². The van der Waals surface area contributed by atoms with Crippen molar-refractivity contribution in [2.75, 3.05) is 5.73 Å². The average Bonchev–Trinajstić information content (AvgIpc) is 2.31. The molecule has 0 spiro atoms. The first-order chi connectivity index (χ1) is 8.85. The number of nitrogen functional groups attached to an aromatic ring is 1. The number of halogens is 4. The highest BCUT2D eigenvalue weighted by molar-refractivity contribution is 9.10. The molecule has 3 nitrogen and oxygen atoms in total. The molecule has 0 saturated carbocycles. The highest BCUT2D eigenvalue weighted by Crippen LogP contribution is 2.29. The second kappa shape index (κ2) is 5.08. The minimum Gasteiger partial charge on any atom is -0.406 e. The van der Waals surface area contributed by atoms with Gasteiger partial charge in [-0.1, -0.05) is 12.1 Å². The second-order valence-electron chi connectivity index (χ2n) is 3.67. The zero-order valence-electron chi connectivity index (χ0n) is 9.41. The number of rotatable bonds is 2. The summed E-state index contributed by atoms with van der Waals surface area (Å²) >= 11 is 3.21. The Kier molecular flexibility index (Phi) is 3.66. The van der Waals surface area contributed by atoms with Crippen LogP contribution in [0.5, 0.6) is 5.75 Å². The quantitative estimate of drug-likeness (QED) is 0.904. The van der Waals surface area contributed by atoms with E-state index in [9.17, 15) is 13.2 Å². The number of ether oxygens (including phenoxy) is 1. The van der Waals surface area contributed by atoms with Crippen molar-refractivity contribution in [3.8, 4) is 16.9 Å². The summed E-state index contributed by atoms with van der Waals surface area (Å²) in [5, 5.41) is 0. The van der Waals surface area contributed by atoms with Crippen LogP contribution in [0.15, 0.2) is 41.0 Å². The molecule has 0 atom stereocenters. The third kappa shape index (κ3) is 3.60. The Balaban J connectivity index is 2.35. The van der Waals surface area contributed by atoms with Gasteiger partial charge in [0.1, 0.15) is 11.6 Å². The van der Waals surface area contributed by atoms with E-state index in [1.165, 1.54) is 24.4 Å². The van der Waals surface area contributed by atoms with E-state index >= 15 is 0 Å². The minimum atomic E-state index is -4.71. The van der Waals surface area contributed by atoms with Crippen LogP contribution in [0, 0.1) is 0 Å². The molecule has 0 bridgehead atoms. The first-order valence-electron chi connectivity index (χ1n) is 5.12. The fourth-order valence-corrected chi connectivity index (χ4v) is 1.83. The van der Waals surface area contributed by atoms with Crippen molar-refractivity contribution in [3.63, 3.8) is 0 Å². The second-order valence-corrected chi connectivity index (χ2v) is 4.52. The molecule has 0 unspecified atom stereocenters. The van der Waals surface area contributed by atoms with Crippen molar-refractivity contribution < 1.29 is 17.9 Å². The topological polar surface area (TPSA) is 48.1 Å². The number of nitrogens with zero attached hydrogens (tertiary/aromatic N) is 1. The monoisotopic (exact) mass is 332 g/mol. The van der Waals surface area contributed by atoms with Gasteiger partial charge in [0, 0.05) is 11.8 Å².